The summed E-state index contributed by atoms with van der Waals surface area (Å²) in [4.78, 5) is 10.9. The van der Waals surface area contributed by atoms with E-state index in [1.54, 1.807) is 6.07 Å². The third-order valence-electron chi connectivity index (χ3n) is 3.88. The Kier molecular flexibility index (Phi) is 3.16. The Morgan fingerprint density at radius 2 is 2.00 bits per heavy atom. The van der Waals surface area contributed by atoms with E-state index in [1.807, 2.05) is 31.2 Å². The molecule has 0 saturated heterocycles. The maximum absolute atomic E-state index is 13.6. The van der Waals surface area contributed by atoms with Crippen LogP contribution in [0.1, 0.15) is 25.3 Å². The molecule has 108 valence electrons. The minimum Gasteiger partial charge on any atom is -0.482 e. The molecule has 0 bridgehead atoms. The number of carbonyl (C=O) groups is 1. The van der Waals surface area contributed by atoms with E-state index in [9.17, 15) is 9.18 Å². The van der Waals surface area contributed by atoms with Crippen LogP contribution in [-0.4, -0.2) is 11.1 Å². The molecule has 0 radical (unpaired) electrons. The Morgan fingerprint density at radius 3 is 2.76 bits per heavy atom. The van der Waals surface area contributed by atoms with Crippen molar-refractivity contribution in [3.63, 3.8) is 0 Å². The molecule has 0 spiro atoms. The molecule has 3 rings (SSSR count). The molecular formula is C17H15FO3. The highest BCUT2D eigenvalue weighted by Gasteiger charge is 2.37. The van der Waals surface area contributed by atoms with Gasteiger partial charge in [-0.25, -0.2) is 4.39 Å². The third-order valence-corrected chi connectivity index (χ3v) is 3.88. The zero-order chi connectivity index (χ0) is 15.0. The average Bonchev–Trinajstić information content (AvgIpc) is 2.46. The maximum atomic E-state index is 13.6. The Hall–Kier alpha value is -2.36. The van der Waals surface area contributed by atoms with Crippen LogP contribution in [0.5, 0.6) is 5.75 Å². The summed E-state index contributed by atoms with van der Waals surface area (Å²) in [5.41, 5.74) is 1.65. The van der Waals surface area contributed by atoms with Gasteiger partial charge >= 0.3 is 5.97 Å². The smallest absolute Gasteiger partial charge is 0.303 e. The van der Waals surface area contributed by atoms with E-state index >= 15 is 0 Å². The van der Waals surface area contributed by atoms with Gasteiger partial charge in [-0.2, -0.15) is 0 Å². The van der Waals surface area contributed by atoms with Crippen LogP contribution in [0.25, 0.3) is 11.1 Å². The molecule has 1 heterocycles. The van der Waals surface area contributed by atoms with Gasteiger partial charge in [-0.15, -0.1) is 0 Å². The van der Waals surface area contributed by atoms with Crippen LogP contribution in [0.15, 0.2) is 42.5 Å². The maximum Gasteiger partial charge on any atom is 0.303 e. The molecule has 3 nitrogen and oxygen atoms in total. The minimum atomic E-state index is -0.892. The number of fused-ring (bicyclic) bond motifs is 3. The summed E-state index contributed by atoms with van der Waals surface area (Å²) in [7, 11) is 0. The van der Waals surface area contributed by atoms with Crippen LogP contribution >= 0.6 is 0 Å². The summed E-state index contributed by atoms with van der Waals surface area (Å²) >= 11 is 0. The molecule has 21 heavy (non-hydrogen) atoms. The van der Waals surface area contributed by atoms with Gasteiger partial charge in [0.15, 0.2) is 0 Å². The van der Waals surface area contributed by atoms with E-state index in [4.69, 9.17) is 9.84 Å². The van der Waals surface area contributed by atoms with Gasteiger partial charge in [0.1, 0.15) is 17.2 Å². The molecule has 0 amide bonds. The van der Waals surface area contributed by atoms with Crippen molar-refractivity contribution < 1.29 is 19.0 Å². The lowest BCUT2D eigenvalue weighted by Gasteiger charge is -2.37. The number of hydrogen-bond acceptors (Lipinski definition) is 2. The minimum absolute atomic E-state index is 0.0331. The predicted molar refractivity (Wildman–Crippen MR) is 76.7 cm³/mol. The van der Waals surface area contributed by atoms with Crippen molar-refractivity contribution in [1.82, 2.24) is 0 Å². The van der Waals surface area contributed by atoms with Crippen molar-refractivity contribution in [3.05, 3.63) is 53.8 Å². The van der Waals surface area contributed by atoms with Crippen molar-refractivity contribution in [2.45, 2.75) is 25.4 Å². The molecule has 1 N–H and O–H groups in total. The van der Waals surface area contributed by atoms with Gasteiger partial charge < -0.3 is 9.84 Å². The van der Waals surface area contributed by atoms with Gasteiger partial charge in [-0.1, -0.05) is 24.3 Å². The second-order valence-corrected chi connectivity index (χ2v) is 5.41. The van der Waals surface area contributed by atoms with Crippen LogP contribution in [0, 0.1) is 5.82 Å². The molecule has 0 saturated carbocycles. The van der Waals surface area contributed by atoms with Crippen molar-refractivity contribution in [1.29, 1.82) is 0 Å². The highest BCUT2D eigenvalue weighted by atomic mass is 19.1. The molecule has 0 aliphatic carbocycles. The van der Waals surface area contributed by atoms with Gasteiger partial charge in [-0.3, -0.25) is 4.79 Å². The number of halogens is 1. The molecule has 1 unspecified atom stereocenters. The first kappa shape index (κ1) is 13.6. The molecule has 1 aliphatic rings. The number of aliphatic carboxylic acids is 1. The summed E-state index contributed by atoms with van der Waals surface area (Å²) < 4.78 is 19.7. The number of hydrogen-bond donors (Lipinski definition) is 1. The number of para-hydroxylation sites is 1. The first-order valence-corrected chi connectivity index (χ1v) is 6.80. The van der Waals surface area contributed by atoms with E-state index in [-0.39, 0.29) is 18.7 Å². The number of carboxylic acid groups (broad SMARTS) is 1. The zero-order valence-corrected chi connectivity index (χ0v) is 11.6. The number of carboxylic acids is 1. The van der Waals surface area contributed by atoms with Gasteiger partial charge in [-0.05, 0) is 30.7 Å². The van der Waals surface area contributed by atoms with Crippen molar-refractivity contribution >= 4 is 5.97 Å². The van der Waals surface area contributed by atoms with Gasteiger partial charge in [0.25, 0.3) is 0 Å². The van der Waals surface area contributed by atoms with Crippen LogP contribution in [0.4, 0.5) is 4.39 Å². The fourth-order valence-electron chi connectivity index (χ4n) is 2.80. The van der Waals surface area contributed by atoms with E-state index in [0.717, 1.165) is 11.1 Å². The monoisotopic (exact) mass is 286 g/mol. The van der Waals surface area contributed by atoms with E-state index in [2.05, 4.69) is 0 Å². The Morgan fingerprint density at radius 1 is 1.24 bits per heavy atom. The lowest BCUT2D eigenvalue weighted by Crippen LogP contribution is -2.33. The van der Waals surface area contributed by atoms with Crippen LogP contribution in [0.2, 0.25) is 0 Å². The van der Waals surface area contributed by atoms with Crippen molar-refractivity contribution in [2.75, 3.05) is 0 Å². The topological polar surface area (TPSA) is 46.5 Å². The van der Waals surface area contributed by atoms with E-state index in [0.29, 0.717) is 11.3 Å². The zero-order valence-electron chi connectivity index (χ0n) is 11.6. The third kappa shape index (κ3) is 2.37. The highest BCUT2D eigenvalue weighted by molar-refractivity contribution is 5.76. The first-order valence-electron chi connectivity index (χ1n) is 6.80. The normalized spacial score (nSPS) is 19.3. The van der Waals surface area contributed by atoms with Crippen LogP contribution in [-0.2, 0) is 10.4 Å². The van der Waals surface area contributed by atoms with Gasteiger partial charge in [0, 0.05) is 24.0 Å². The van der Waals surface area contributed by atoms with E-state index in [1.165, 1.54) is 12.1 Å². The van der Waals surface area contributed by atoms with Crippen molar-refractivity contribution in [3.8, 4) is 16.9 Å². The second kappa shape index (κ2) is 4.88. The molecule has 1 aliphatic heterocycles. The average molecular weight is 286 g/mol. The molecule has 4 heteroatoms. The summed E-state index contributed by atoms with van der Waals surface area (Å²) in [5.74, 6) is -0.542. The first-order chi connectivity index (χ1) is 9.99. The molecule has 0 fully saturated rings. The van der Waals surface area contributed by atoms with Gasteiger partial charge in [0.05, 0.1) is 0 Å². The molecule has 2 aromatic rings. The fraction of sp³-hybridized carbons (Fsp3) is 0.235. The lowest BCUT2D eigenvalue weighted by molar-refractivity contribution is -0.138. The second-order valence-electron chi connectivity index (χ2n) is 5.41. The standard InChI is InChI=1S/C17H15FO3/c1-17(9-8-16(19)20)14-10-11(18)6-7-12(14)13-4-2-3-5-15(13)21-17/h2-7,10H,8-9H2,1H3,(H,19,20). The molecule has 2 aromatic carbocycles. The van der Waals surface area contributed by atoms with Gasteiger partial charge in [0.2, 0.25) is 0 Å². The number of benzene rings is 2. The molecular weight excluding hydrogens is 271 g/mol. The Bertz CT molecular complexity index is 711. The van der Waals surface area contributed by atoms with Crippen molar-refractivity contribution in [2.24, 2.45) is 0 Å². The summed E-state index contributed by atoms with van der Waals surface area (Å²) in [5, 5.41) is 8.93. The quantitative estimate of drug-likeness (QED) is 0.928. The van der Waals surface area contributed by atoms with Crippen LogP contribution in [0.3, 0.4) is 0 Å². The summed E-state index contributed by atoms with van der Waals surface area (Å²) in [6.45, 7) is 1.81. The largest absolute Gasteiger partial charge is 0.482 e. The lowest BCUT2D eigenvalue weighted by atomic mass is 9.82. The Balaban J connectivity index is 2.14. The Labute approximate surface area is 122 Å². The highest BCUT2D eigenvalue weighted by Crippen LogP contribution is 2.46. The number of rotatable bonds is 3. The van der Waals surface area contributed by atoms with Crippen LogP contribution < -0.4 is 4.74 Å². The predicted octanol–water partition coefficient (Wildman–Crippen LogP) is 3.97. The summed E-state index contributed by atoms with van der Waals surface area (Å²) in [6.07, 6.45) is 0.252. The fourth-order valence-corrected chi connectivity index (χ4v) is 2.80. The molecule has 0 aromatic heterocycles. The van der Waals surface area contributed by atoms with E-state index < -0.39 is 11.6 Å². The summed E-state index contributed by atoms with van der Waals surface area (Å²) in [6, 6.07) is 12.1. The molecule has 1 atom stereocenters. The SMILES string of the molecule is CC1(CCC(=O)O)Oc2ccccc2-c2ccc(F)cc21. The number of ether oxygens (including phenoxy) is 1.